The molecule has 0 atom stereocenters. The molecule has 0 heteroatoms. The van der Waals surface area contributed by atoms with Crippen LogP contribution in [0.4, 0.5) is 0 Å². The topological polar surface area (TPSA) is 0 Å². The van der Waals surface area contributed by atoms with Crippen molar-refractivity contribution >= 4 is 0 Å². The summed E-state index contributed by atoms with van der Waals surface area (Å²) in [6, 6.07) is 17.2. The highest BCUT2D eigenvalue weighted by Crippen LogP contribution is 2.31. The van der Waals surface area contributed by atoms with E-state index in [1.807, 2.05) is 41.5 Å². The molecule has 0 aliphatic carbocycles. The first-order valence-corrected chi connectivity index (χ1v) is 8.85. The Hall–Kier alpha value is -1.56. The van der Waals surface area contributed by atoms with Gasteiger partial charge in [-0.3, -0.25) is 0 Å². The molecular weight excluding hydrogens is 288 g/mol. The van der Waals surface area contributed by atoms with Crippen molar-refractivity contribution in [2.45, 2.75) is 83.1 Å². The van der Waals surface area contributed by atoms with Crippen molar-refractivity contribution in [3.05, 3.63) is 59.7 Å². The van der Waals surface area contributed by atoms with Crippen LogP contribution in [0.15, 0.2) is 48.5 Å². The molecule has 142 valence electrons. The zero-order chi connectivity index (χ0) is 17.5. The predicted molar refractivity (Wildman–Crippen MR) is 120 cm³/mol. The third-order valence-corrected chi connectivity index (χ3v) is 2.99. The van der Waals surface area contributed by atoms with Gasteiger partial charge in [-0.05, 0) is 35.1 Å². The molecule has 0 aliphatic rings. The number of aryl methyl sites for hydroxylation is 1. The molecule has 0 unspecified atom stereocenters. The van der Waals surface area contributed by atoms with Gasteiger partial charge in [0.15, 0.2) is 0 Å². The molecule has 0 amide bonds. The Labute approximate surface area is 155 Å². The van der Waals surface area contributed by atoms with E-state index in [4.69, 9.17) is 0 Å². The molecule has 0 saturated carbocycles. The van der Waals surface area contributed by atoms with E-state index in [9.17, 15) is 0 Å². The summed E-state index contributed by atoms with van der Waals surface area (Å²) in [5, 5.41) is 0. The van der Waals surface area contributed by atoms with Crippen molar-refractivity contribution in [2.24, 2.45) is 0 Å². The van der Waals surface area contributed by atoms with E-state index in [0.717, 1.165) is 0 Å². The Balaban J connectivity index is -0.000000135. The van der Waals surface area contributed by atoms with Gasteiger partial charge in [0.1, 0.15) is 0 Å². The largest absolute Gasteiger partial charge is 0.0776 e. The number of rotatable bonds is 2. The van der Waals surface area contributed by atoms with Gasteiger partial charge in [-0.2, -0.15) is 0 Å². The second kappa shape index (κ2) is 19.5. The third-order valence-electron chi connectivity index (χ3n) is 2.99. The molecular formula is C24H46. The fourth-order valence-corrected chi connectivity index (χ4v) is 2.32. The quantitative estimate of drug-likeness (QED) is 0.512. The number of hydrogen-bond acceptors (Lipinski definition) is 0. The smallest absolute Gasteiger partial charge is 0 e. The minimum Gasteiger partial charge on any atom is -0.0776 e. The van der Waals surface area contributed by atoms with Gasteiger partial charge in [0, 0.05) is 1.43 Å². The Morgan fingerprint density at radius 3 is 1.54 bits per heavy atom. The van der Waals surface area contributed by atoms with E-state index in [0.29, 0.717) is 5.92 Å². The summed E-state index contributed by atoms with van der Waals surface area (Å²) in [5.74, 6) is 0.566. The fourth-order valence-electron chi connectivity index (χ4n) is 2.32. The molecule has 0 saturated heterocycles. The molecule has 0 fully saturated rings. The molecule has 0 aromatic heterocycles. The minimum atomic E-state index is 0. The van der Waals surface area contributed by atoms with Gasteiger partial charge < -0.3 is 0 Å². The van der Waals surface area contributed by atoms with E-state index >= 15 is 0 Å². The van der Waals surface area contributed by atoms with Gasteiger partial charge >= 0.3 is 0 Å². The van der Waals surface area contributed by atoms with Crippen LogP contribution in [0.1, 0.15) is 88.7 Å². The van der Waals surface area contributed by atoms with Crippen LogP contribution < -0.4 is 0 Å². The molecule has 0 nitrogen and oxygen atoms in total. The predicted octanol–water partition coefficient (Wildman–Crippen LogP) is 9.38. The number of hydrogen-bond donors (Lipinski definition) is 0. The van der Waals surface area contributed by atoms with Gasteiger partial charge in [0.2, 0.25) is 0 Å². The lowest BCUT2D eigenvalue weighted by molar-refractivity contribution is 0.859. The van der Waals surface area contributed by atoms with Gasteiger partial charge in [0.05, 0.1) is 0 Å². The van der Waals surface area contributed by atoms with Crippen molar-refractivity contribution in [3.63, 3.8) is 0 Å². The highest BCUT2D eigenvalue weighted by molar-refractivity contribution is 5.69. The van der Waals surface area contributed by atoms with E-state index in [1.54, 1.807) is 0 Å². The zero-order valence-electron chi connectivity index (χ0n) is 16.2. The maximum absolute atomic E-state index is 2.26. The summed E-state index contributed by atoms with van der Waals surface area (Å²) in [7, 11) is 0. The van der Waals surface area contributed by atoms with Crippen molar-refractivity contribution in [1.29, 1.82) is 0 Å². The third kappa shape index (κ3) is 9.55. The Morgan fingerprint density at radius 1 is 0.667 bits per heavy atom. The molecule has 24 heavy (non-hydrogen) atoms. The Morgan fingerprint density at radius 2 is 1.12 bits per heavy atom. The van der Waals surface area contributed by atoms with Gasteiger partial charge in [-0.1, -0.05) is 119 Å². The molecule has 2 rings (SSSR count). The first-order valence-electron chi connectivity index (χ1n) is 8.85. The summed E-state index contributed by atoms with van der Waals surface area (Å²) in [6.07, 6.45) is 0. The molecule has 0 N–H and O–H groups in total. The van der Waals surface area contributed by atoms with Crippen LogP contribution in [-0.2, 0) is 0 Å². The SMILES string of the molecule is C.C.CC.CC.CC.Cc1cccc(-c2ccccc2)c1C(C)C.[2HH]. The lowest BCUT2D eigenvalue weighted by Crippen LogP contribution is -1.95. The average Bonchev–Trinajstić information content (AvgIpc) is 2.60. The fraction of sp³-hybridized carbons (Fsp3) is 0.500. The summed E-state index contributed by atoms with van der Waals surface area (Å²) < 4.78 is 0. The molecule has 0 bridgehead atoms. The lowest BCUT2D eigenvalue weighted by Gasteiger charge is -2.16. The molecule has 0 aliphatic heterocycles. The standard InChI is InChI=1S/C16H18.3C2H6.2CH4.H2/c1-12(2)16-13(3)8-7-11-15(16)14-9-5-4-6-10-14;3*1-2;;;/h4-12H,1-3H3;3*1-2H3;2*1H4;1H/i;;;;;;1+1. The summed E-state index contributed by atoms with van der Waals surface area (Å²) >= 11 is 0. The van der Waals surface area contributed by atoms with E-state index in [-0.39, 0.29) is 16.3 Å². The van der Waals surface area contributed by atoms with Crippen LogP contribution in [-0.4, -0.2) is 0 Å². The molecule has 2 aromatic carbocycles. The first-order chi connectivity index (χ1) is 10.7. The van der Waals surface area contributed by atoms with Crippen LogP contribution in [0, 0.1) is 6.92 Å². The molecule has 0 spiro atoms. The normalized spacial score (nSPS) is 7.92. The lowest BCUT2D eigenvalue weighted by atomic mass is 9.89. The second-order valence-electron chi connectivity index (χ2n) is 4.56. The second-order valence-corrected chi connectivity index (χ2v) is 4.56. The van der Waals surface area contributed by atoms with Gasteiger partial charge in [-0.15, -0.1) is 0 Å². The van der Waals surface area contributed by atoms with Crippen LogP contribution in [0.3, 0.4) is 0 Å². The average molecular weight is 336 g/mol. The van der Waals surface area contributed by atoms with E-state index in [1.165, 1.54) is 22.3 Å². The number of benzene rings is 2. The van der Waals surface area contributed by atoms with E-state index < -0.39 is 0 Å². The summed E-state index contributed by atoms with van der Waals surface area (Å²) in [4.78, 5) is 0. The molecule has 2 aromatic rings. The van der Waals surface area contributed by atoms with Crippen molar-refractivity contribution < 1.29 is 1.43 Å². The van der Waals surface area contributed by atoms with Crippen LogP contribution in [0.5, 0.6) is 0 Å². The van der Waals surface area contributed by atoms with Gasteiger partial charge in [0.25, 0.3) is 0 Å². The summed E-state index contributed by atoms with van der Waals surface area (Å²) in [5.41, 5.74) is 5.54. The van der Waals surface area contributed by atoms with Crippen LogP contribution in [0.2, 0.25) is 0 Å². The van der Waals surface area contributed by atoms with Crippen molar-refractivity contribution in [1.82, 2.24) is 0 Å². The van der Waals surface area contributed by atoms with E-state index in [2.05, 4.69) is 69.3 Å². The van der Waals surface area contributed by atoms with Crippen molar-refractivity contribution in [3.8, 4) is 11.1 Å². The monoisotopic (exact) mass is 335 g/mol. The Kier molecular flexibility index (Phi) is 24.6. The zero-order valence-corrected chi connectivity index (χ0v) is 16.2. The summed E-state index contributed by atoms with van der Waals surface area (Å²) in [6.45, 7) is 18.7. The highest BCUT2D eigenvalue weighted by Gasteiger charge is 2.10. The molecule has 0 heterocycles. The van der Waals surface area contributed by atoms with Crippen LogP contribution >= 0.6 is 0 Å². The first kappa shape index (κ1) is 30.3. The minimum absolute atomic E-state index is 0. The van der Waals surface area contributed by atoms with Crippen molar-refractivity contribution in [2.75, 3.05) is 0 Å². The maximum Gasteiger partial charge on any atom is 0 e. The Bertz CT molecular complexity index is 473. The highest BCUT2D eigenvalue weighted by atomic mass is 14.1. The maximum atomic E-state index is 2.26. The van der Waals surface area contributed by atoms with Gasteiger partial charge in [-0.25, -0.2) is 0 Å². The molecule has 0 radical (unpaired) electrons. The van der Waals surface area contributed by atoms with Crippen LogP contribution in [0.25, 0.3) is 11.1 Å².